The third-order valence-electron chi connectivity index (χ3n) is 44.7. The van der Waals surface area contributed by atoms with E-state index in [-0.39, 0.29) is 189 Å². The second kappa shape index (κ2) is 38.9. The average molecular weight is 1910 g/mol. The van der Waals surface area contributed by atoms with E-state index in [2.05, 4.69) is 253 Å². The summed E-state index contributed by atoms with van der Waals surface area (Å²) >= 11 is 6.39. The van der Waals surface area contributed by atoms with E-state index < -0.39 is 5.97 Å². The number of ether oxygens (including phenoxy) is 2. The Hall–Kier alpha value is -7.15. The summed E-state index contributed by atoms with van der Waals surface area (Å²) in [5.74, 6) is 2.59. The van der Waals surface area contributed by atoms with Crippen molar-refractivity contribution < 1.29 is 62.8 Å². The maximum Gasteiger partial charge on any atom is 0.333 e. The molecule has 0 saturated heterocycles. The molecule has 29 atom stereocenters. The number of esters is 2. The van der Waals surface area contributed by atoms with Crippen LogP contribution in [0.25, 0.3) is 0 Å². The molecule has 136 heavy (non-hydrogen) atoms. The monoisotopic (exact) mass is 1910 g/mol. The van der Waals surface area contributed by atoms with Crippen LogP contribution in [0, 0.1) is 157 Å². The second-order valence-electron chi connectivity index (χ2n) is 51.6. The van der Waals surface area contributed by atoms with Crippen LogP contribution in [0.5, 0.6) is 0 Å². The second-order valence-corrected chi connectivity index (χ2v) is 52.2. The third-order valence-corrected chi connectivity index (χ3v) is 45.1. The number of carboxylic acid groups (broad SMARTS) is 1. The third kappa shape index (κ3) is 18.2. The van der Waals surface area contributed by atoms with Crippen molar-refractivity contribution in [2.45, 2.75) is 389 Å². The topological polar surface area (TPSA) is 308 Å². The Bertz CT molecular complexity index is 4670. The number of aliphatic hydroxyl groups is 1. The number of nitrogens with two attached hydrogens (primary N) is 1. The summed E-state index contributed by atoms with van der Waals surface area (Å²) in [4.78, 5) is 111. The lowest BCUT2D eigenvalue weighted by Crippen LogP contribution is -2.49. The highest BCUT2D eigenvalue weighted by Crippen LogP contribution is 2.74. The summed E-state index contributed by atoms with van der Waals surface area (Å²) in [6, 6.07) is 4.43. The van der Waals surface area contributed by atoms with Crippen molar-refractivity contribution in [1.29, 1.82) is 5.26 Å². The summed E-state index contributed by atoms with van der Waals surface area (Å²) in [7, 11) is 3.73. The molecule has 22 heteroatoms. The lowest BCUT2D eigenvalue weighted by Gasteiger charge is -2.44. The van der Waals surface area contributed by atoms with E-state index in [1.54, 1.807) is 32.7 Å². The minimum Gasteiger partial charge on any atom is -0.481 e. The molecular formula is C114H181ClN8O13. The Balaban J connectivity index is 0.000000174. The van der Waals surface area contributed by atoms with Gasteiger partial charge in [-0.25, -0.2) is 9.59 Å². The highest BCUT2D eigenvalue weighted by atomic mass is 35.5. The van der Waals surface area contributed by atoms with Crippen LogP contribution in [0.1, 0.15) is 323 Å². The molecule has 0 spiro atoms. The Morgan fingerprint density at radius 2 is 0.846 bits per heavy atom. The lowest BCUT2D eigenvalue weighted by atomic mass is 9.68. The number of amides is 6. The summed E-state index contributed by atoms with van der Waals surface area (Å²) in [6.07, 6.45) is 24.7. The van der Waals surface area contributed by atoms with Crippen LogP contribution in [-0.2, 0) is 52.6 Å². The molecule has 21 nitrogen and oxygen atoms in total. The molecule has 0 radical (unpaired) electrons. The van der Waals surface area contributed by atoms with Gasteiger partial charge >= 0.3 is 17.9 Å². The number of carbonyl (C=O) groups is 9. The Morgan fingerprint density at radius 3 is 1.16 bits per heavy atom. The number of rotatable bonds is 18. The molecule has 16 rings (SSSR count). The fourth-order valence-corrected chi connectivity index (χ4v) is 32.4. The van der Waals surface area contributed by atoms with Crippen LogP contribution in [-0.4, -0.2) is 165 Å². The van der Waals surface area contributed by atoms with Gasteiger partial charge in [-0.15, -0.1) is 11.6 Å². The number of carboxylic acids is 1. The highest BCUT2D eigenvalue weighted by Gasteiger charge is 2.73. The number of alkyl halides is 1. The maximum absolute atomic E-state index is 12.3. The molecule has 16 aliphatic carbocycles. The zero-order chi connectivity index (χ0) is 104. The van der Waals surface area contributed by atoms with Gasteiger partial charge in [-0.1, -0.05) is 219 Å². The number of nitriles is 1. The zero-order valence-corrected chi connectivity index (χ0v) is 90.6. The first kappa shape index (κ1) is 112. The Labute approximate surface area is 825 Å². The predicted octanol–water partition coefficient (Wildman–Crippen LogP) is 21.0. The number of nitrogens with zero attached hydrogens (tertiary/aromatic N) is 4. The molecule has 0 aromatic carbocycles. The molecule has 16 aliphatic rings. The van der Waals surface area contributed by atoms with Crippen LogP contribution < -0.4 is 21.7 Å². The number of hydrogen-bond acceptors (Lipinski definition) is 14. The number of hydrogen-bond donors (Lipinski definition) is 6. The van der Waals surface area contributed by atoms with E-state index in [9.17, 15) is 58.6 Å². The van der Waals surface area contributed by atoms with Crippen molar-refractivity contribution in [3.05, 3.63) is 99.2 Å². The standard InChI is InChI=1S/C16H27NO.C15H23NO3.C15H21NO2.C14H24N2O.2C14H23NO.C13H20ClNO.C13H20O3/c1-7-17(14(18)11(2)3)13-10-12-8-9-16(13,6)15(12,4)5;1-6-12(17)16(5)11-7-10-9(13(18)19)8-15(11,4)14(10,2)3;1-9(2)13(17)18-12-6-11-10(8-16)7-15(12,5)14(11,3)4;1-8(2)12(17)16-11-6-9-10(15)7-14(11,5)13(9,3)4;1-9(2)12(16)15-11-8-10-6-7-14(11,5)13(10,3)4;1-6-12(16)15(5)11-9-10-7-8-14(11,4)13(10,2)3;1-5-11(16)15-10-6-8-9(14)7-13(10,4)12(8,2)3;1-5-11(15)16-10-6-8-9(14)7-13(10,4)12(8,2)3/h12-13H,2,7-10H2,1,3-6H3;6,9-11H,1,7-8H2,2-5H3,(H,18,19);10-12H,1,6-7H2,2-5H3;9-11H,1,6-7,15H2,2-5H3,(H,16,17);10-11H,1,6-8H2,2-5H3,(H,15,16);6,10-11H,1,7-9H2,2-5H3;5,8-10H,1,6-7H2,2-4H3,(H,15,16);5,8-10,14H,1,6-7H2,2-4H3. The minimum atomic E-state index is -0.696. The summed E-state index contributed by atoms with van der Waals surface area (Å²) in [5.41, 5.74) is 10.7. The van der Waals surface area contributed by atoms with Crippen molar-refractivity contribution >= 4 is 65.0 Å². The SMILES string of the molecule is C=C(C)C(=O)N(CC)C1CC2CCC1(C)C2(C)C.C=C(C)C(=O)NC1CC2C(N)CC1(C)C2(C)C.C=C(C)C(=O)NC1CC2CCC1(C)C2(C)C.C=C(C)C(=O)OC1CC2C(C#N)CC1(C)C2(C)C.C=CC(=O)N(C)C1CC2C(C(=O)O)CC1(C)C2(C)C.C=CC(=O)N(C)C1CC2CCC1(C)C2(C)C.C=CC(=O)NC1CC2C(Cl)CC1(C)C2(C)C.C=CC(=O)OC1CC2C(O)CC1(C)C2(C)C. The molecule has 7 N–H and O–H groups in total. The number of fused-ring (bicyclic) bond motifs is 16. The average Bonchev–Trinajstić information content (AvgIpc) is 1.52. The highest BCUT2D eigenvalue weighted by molar-refractivity contribution is 6.21. The van der Waals surface area contributed by atoms with Crippen LogP contribution in [0.2, 0.25) is 0 Å². The molecule has 0 aliphatic heterocycles. The summed E-state index contributed by atoms with van der Waals surface area (Å²) in [6.45, 7) is 93.2. The van der Waals surface area contributed by atoms with Gasteiger partial charge in [0, 0.05) is 108 Å². The number of aliphatic carboxylic acids is 1. The van der Waals surface area contributed by atoms with E-state index in [1.807, 2.05) is 18.9 Å². The predicted molar refractivity (Wildman–Crippen MR) is 544 cm³/mol. The molecule has 16 fully saturated rings. The molecule has 6 amide bonds. The van der Waals surface area contributed by atoms with Gasteiger partial charge in [-0.3, -0.25) is 33.6 Å². The van der Waals surface area contributed by atoms with Crippen LogP contribution in [0.3, 0.4) is 0 Å². The fourth-order valence-electron chi connectivity index (χ4n) is 31.6. The molecule has 16 bridgehead atoms. The number of nitrogens with one attached hydrogen (secondary N) is 3. The quantitative estimate of drug-likeness (QED) is 0.0422. The van der Waals surface area contributed by atoms with Crippen molar-refractivity contribution in [3.8, 4) is 6.07 Å². The first-order chi connectivity index (χ1) is 62.1. The van der Waals surface area contributed by atoms with Gasteiger partial charge in [0.1, 0.15) is 12.2 Å². The zero-order valence-electron chi connectivity index (χ0n) is 89.9. The van der Waals surface area contributed by atoms with Gasteiger partial charge in [-0.2, -0.15) is 5.26 Å². The molecule has 762 valence electrons. The first-order valence-corrected chi connectivity index (χ1v) is 51.6. The number of aliphatic hydroxyl groups excluding tert-OH is 1. The van der Waals surface area contributed by atoms with Crippen molar-refractivity contribution in [3.63, 3.8) is 0 Å². The van der Waals surface area contributed by atoms with Gasteiger partial charge in [-0.05, 0) is 298 Å². The van der Waals surface area contributed by atoms with Crippen LogP contribution in [0.4, 0.5) is 0 Å². The summed E-state index contributed by atoms with van der Waals surface area (Å²) < 4.78 is 11.0. The molecular weight excluding hydrogens is 1720 g/mol. The van der Waals surface area contributed by atoms with Gasteiger partial charge < -0.3 is 56.1 Å². The number of likely N-dealkylation sites (N-methyl/N-ethyl adjacent to an activating group) is 3. The van der Waals surface area contributed by atoms with Crippen molar-refractivity contribution in [1.82, 2.24) is 30.7 Å². The normalized spacial score (nSPS) is 40.8. The van der Waals surface area contributed by atoms with E-state index in [4.69, 9.17) is 26.8 Å². The van der Waals surface area contributed by atoms with Gasteiger partial charge in [0.25, 0.3) is 0 Å². The Kier molecular flexibility index (Phi) is 32.2. The first-order valence-electron chi connectivity index (χ1n) is 51.1. The number of halogens is 1. The largest absolute Gasteiger partial charge is 0.481 e. The number of carbonyl (C=O) groups excluding carboxylic acids is 8. The minimum absolute atomic E-state index is 0.0202. The van der Waals surface area contributed by atoms with E-state index >= 15 is 0 Å². The van der Waals surface area contributed by atoms with Crippen LogP contribution >= 0.6 is 11.6 Å². The maximum atomic E-state index is 12.3. The van der Waals surface area contributed by atoms with Crippen molar-refractivity contribution in [2.75, 3.05) is 20.6 Å². The summed E-state index contributed by atoms with van der Waals surface area (Å²) in [5, 5.41) is 38.2. The molecule has 16 saturated carbocycles. The van der Waals surface area contributed by atoms with Gasteiger partial charge in [0.15, 0.2) is 0 Å². The Morgan fingerprint density at radius 1 is 0.441 bits per heavy atom. The molecule has 0 aromatic rings. The van der Waals surface area contributed by atoms with E-state index in [1.165, 1.54) is 75.7 Å². The molecule has 29 unspecified atom stereocenters. The lowest BCUT2D eigenvalue weighted by molar-refractivity contribution is -0.152. The van der Waals surface area contributed by atoms with Crippen molar-refractivity contribution in [2.24, 2.45) is 152 Å². The van der Waals surface area contributed by atoms with E-state index in [0.29, 0.717) is 80.8 Å². The fraction of sp³-hybridized carbons (Fsp3) is 0.772. The smallest absolute Gasteiger partial charge is 0.333 e. The molecule has 0 heterocycles. The van der Waals surface area contributed by atoms with Crippen LogP contribution in [0.15, 0.2) is 99.2 Å². The molecule has 0 aromatic heterocycles. The van der Waals surface area contributed by atoms with E-state index in [0.717, 1.165) is 88.5 Å². The van der Waals surface area contributed by atoms with Gasteiger partial charge in [0.05, 0.1) is 24.0 Å². The van der Waals surface area contributed by atoms with Gasteiger partial charge in [0.2, 0.25) is 35.4 Å².